The van der Waals surface area contributed by atoms with Gasteiger partial charge in [0.25, 0.3) is 5.91 Å². The second kappa shape index (κ2) is 7.94. The third kappa shape index (κ3) is 5.10. The van der Waals surface area contributed by atoms with Crippen LogP contribution in [0.15, 0.2) is 16.7 Å². The van der Waals surface area contributed by atoms with Crippen molar-refractivity contribution in [2.24, 2.45) is 0 Å². The summed E-state index contributed by atoms with van der Waals surface area (Å²) in [5.41, 5.74) is 2.07. The predicted molar refractivity (Wildman–Crippen MR) is 90.5 cm³/mol. The number of alkyl halides is 3. The average Bonchev–Trinajstić information content (AvgIpc) is 3.05. The van der Waals surface area contributed by atoms with E-state index < -0.39 is 12.7 Å². The molecule has 1 N–H and O–H groups in total. The van der Waals surface area contributed by atoms with E-state index >= 15 is 0 Å². The van der Waals surface area contributed by atoms with Crippen molar-refractivity contribution in [1.82, 2.24) is 19.9 Å². The van der Waals surface area contributed by atoms with Gasteiger partial charge in [-0.25, -0.2) is 0 Å². The Labute approximate surface area is 149 Å². The van der Waals surface area contributed by atoms with E-state index in [1.54, 1.807) is 19.1 Å². The molecule has 2 heterocycles. The molecule has 0 radical (unpaired) electrons. The molecule has 6 nitrogen and oxygen atoms in total. The third-order valence-electron chi connectivity index (χ3n) is 3.97. The van der Waals surface area contributed by atoms with Crippen molar-refractivity contribution < 1.29 is 22.5 Å². The molecule has 2 aromatic rings. The molecular formula is C17H23F3N4O2. The molecule has 0 unspecified atom stereocenters. The van der Waals surface area contributed by atoms with Gasteiger partial charge < -0.3 is 9.84 Å². The zero-order valence-corrected chi connectivity index (χ0v) is 15.3. The maximum Gasteiger partial charge on any atom is 0.401 e. The highest BCUT2D eigenvalue weighted by molar-refractivity contribution is 5.95. The molecule has 0 spiro atoms. The standard InChI is InChI=1S/C17H23F3N4O2/c1-11-8-14(13(3)24(11)15-9-12(2)26-22-15)16(25)21-6-5-7-23(4)10-17(18,19)20/h8-9H,5-7,10H2,1-4H3,(H,21,25). The molecule has 0 aliphatic carbocycles. The molecular weight excluding hydrogens is 349 g/mol. The van der Waals surface area contributed by atoms with Crippen LogP contribution in [0.1, 0.15) is 33.9 Å². The van der Waals surface area contributed by atoms with Gasteiger partial charge in [0.1, 0.15) is 5.76 Å². The molecule has 144 valence electrons. The Hall–Kier alpha value is -2.29. The first-order valence-electron chi connectivity index (χ1n) is 8.24. The Bertz CT molecular complexity index is 765. The molecule has 26 heavy (non-hydrogen) atoms. The second-order valence-corrected chi connectivity index (χ2v) is 6.38. The largest absolute Gasteiger partial charge is 0.401 e. The Morgan fingerprint density at radius 3 is 2.58 bits per heavy atom. The smallest absolute Gasteiger partial charge is 0.360 e. The van der Waals surface area contributed by atoms with Gasteiger partial charge >= 0.3 is 6.18 Å². The van der Waals surface area contributed by atoms with Gasteiger partial charge in [-0.05, 0) is 46.9 Å². The summed E-state index contributed by atoms with van der Waals surface area (Å²) in [7, 11) is 1.41. The van der Waals surface area contributed by atoms with E-state index in [1.807, 2.05) is 18.4 Å². The average molecular weight is 372 g/mol. The molecule has 0 fully saturated rings. The maximum atomic E-state index is 12.4. The number of nitrogens with one attached hydrogen (secondary N) is 1. The van der Waals surface area contributed by atoms with Gasteiger partial charge in [0, 0.05) is 24.0 Å². The zero-order valence-electron chi connectivity index (χ0n) is 15.3. The van der Waals surface area contributed by atoms with E-state index in [9.17, 15) is 18.0 Å². The number of halogens is 3. The van der Waals surface area contributed by atoms with Crippen LogP contribution in [0.3, 0.4) is 0 Å². The summed E-state index contributed by atoms with van der Waals surface area (Å²) in [5.74, 6) is 1.01. The first-order chi connectivity index (χ1) is 12.1. The Balaban J connectivity index is 1.92. The van der Waals surface area contributed by atoms with E-state index in [0.717, 1.165) is 11.4 Å². The number of aromatic nitrogens is 2. The molecule has 1 amide bonds. The van der Waals surface area contributed by atoms with Gasteiger partial charge in [0.2, 0.25) is 0 Å². The third-order valence-corrected chi connectivity index (χ3v) is 3.97. The lowest BCUT2D eigenvalue weighted by Gasteiger charge is -2.18. The molecule has 2 aromatic heterocycles. The fraction of sp³-hybridized carbons (Fsp3) is 0.529. The van der Waals surface area contributed by atoms with Gasteiger partial charge in [-0.2, -0.15) is 13.2 Å². The van der Waals surface area contributed by atoms with Crippen LogP contribution in [0.2, 0.25) is 0 Å². The van der Waals surface area contributed by atoms with E-state index in [4.69, 9.17) is 4.52 Å². The van der Waals surface area contributed by atoms with Crippen molar-refractivity contribution in [2.75, 3.05) is 26.7 Å². The topological polar surface area (TPSA) is 63.3 Å². The van der Waals surface area contributed by atoms with Crippen molar-refractivity contribution in [3.05, 3.63) is 34.8 Å². The highest BCUT2D eigenvalue weighted by atomic mass is 19.4. The SMILES string of the molecule is Cc1cc(-n2c(C)cc(C(=O)NCCCN(C)CC(F)(F)F)c2C)no1. The highest BCUT2D eigenvalue weighted by Gasteiger charge is 2.28. The van der Waals surface area contributed by atoms with E-state index in [2.05, 4.69) is 10.5 Å². The van der Waals surface area contributed by atoms with Crippen LogP contribution >= 0.6 is 0 Å². The summed E-state index contributed by atoms with van der Waals surface area (Å²) in [6.07, 6.45) is -3.78. The Kier molecular flexibility index (Phi) is 6.12. The minimum absolute atomic E-state index is 0.247. The van der Waals surface area contributed by atoms with Crippen LogP contribution in [-0.2, 0) is 0 Å². The monoisotopic (exact) mass is 372 g/mol. The first-order valence-corrected chi connectivity index (χ1v) is 8.24. The van der Waals surface area contributed by atoms with Crippen LogP contribution in [0, 0.1) is 20.8 Å². The summed E-state index contributed by atoms with van der Waals surface area (Å²) in [5, 5.41) is 6.71. The summed E-state index contributed by atoms with van der Waals surface area (Å²) in [6.45, 7) is 5.04. The molecule has 0 aliphatic rings. The predicted octanol–water partition coefficient (Wildman–Crippen LogP) is 3.00. The van der Waals surface area contributed by atoms with Crippen molar-refractivity contribution in [3.63, 3.8) is 0 Å². The number of carbonyl (C=O) groups excluding carboxylic acids is 1. The van der Waals surface area contributed by atoms with Crippen molar-refractivity contribution >= 4 is 5.91 Å². The summed E-state index contributed by atoms with van der Waals surface area (Å²) >= 11 is 0. The van der Waals surface area contributed by atoms with E-state index in [0.29, 0.717) is 30.1 Å². The van der Waals surface area contributed by atoms with Crippen LogP contribution < -0.4 is 5.32 Å². The summed E-state index contributed by atoms with van der Waals surface area (Å²) in [4.78, 5) is 13.6. The van der Waals surface area contributed by atoms with Crippen molar-refractivity contribution in [1.29, 1.82) is 0 Å². The minimum atomic E-state index is -4.21. The molecule has 0 aliphatic heterocycles. The Morgan fingerprint density at radius 2 is 2.00 bits per heavy atom. The van der Waals surface area contributed by atoms with E-state index in [-0.39, 0.29) is 12.5 Å². The lowest BCUT2D eigenvalue weighted by atomic mass is 10.2. The number of aryl methyl sites for hydroxylation is 2. The van der Waals surface area contributed by atoms with E-state index in [1.165, 1.54) is 11.9 Å². The number of hydrogen-bond acceptors (Lipinski definition) is 4. The minimum Gasteiger partial charge on any atom is -0.360 e. The van der Waals surface area contributed by atoms with Crippen molar-refractivity contribution in [3.8, 4) is 5.82 Å². The molecule has 0 saturated carbocycles. The quantitative estimate of drug-likeness (QED) is 0.759. The lowest BCUT2D eigenvalue weighted by Crippen LogP contribution is -2.33. The molecule has 0 aromatic carbocycles. The first kappa shape index (κ1) is 20.0. The van der Waals surface area contributed by atoms with Crippen LogP contribution in [0.25, 0.3) is 5.82 Å². The summed E-state index contributed by atoms with van der Waals surface area (Å²) < 4.78 is 43.7. The normalized spacial score (nSPS) is 12.0. The van der Waals surface area contributed by atoms with Gasteiger partial charge in [0.05, 0.1) is 12.1 Å². The van der Waals surface area contributed by atoms with Gasteiger partial charge in [-0.3, -0.25) is 14.3 Å². The van der Waals surface area contributed by atoms with Crippen LogP contribution in [0.4, 0.5) is 13.2 Å². The molecule has 9 heteroatoms. The van der Waals surface area contributed by atoms with Crippen LogP contribution in [0.5, 0.6) is 0 Å². The Morgan fingerprint density at radius 1 is 1.31 bits per heavy atom. The fourth-order valence-electron chi connectivity index (χ4n) is 2.84. The van der Waals surface area contributed by atoms with Crippen molar-refractivity contribution in [2.45, 2.75) is 33.4 Å². The second-order valence-electron chi connectivity index (χ2n) is 6.38. The van der Waals surface area contributed by atoms with Gasteiger partial charge in [0.15, 0.2) is 5.82 Å². The van der Waals surface area contributed by atoms with Gasteiger partial charge in [-0.15, -0.1) is 0 Å². The number of carbonyl (C=O) groups is 1. The number of rotatable bonds is 7. The number of hydrogen-bond donors (Lipinski definition) is 1. The van der Waals surface area contributed by atoms with Gasteiger partial charge in [-0.1, -0.05) is 5.16 Å². The summed E-state index contributed by atoms with van der Waals surface area (Å²) in [6, 6.07) is 3.53. The van der Waals surface area contributed by atoms with Crippen LogP contribution in [-0.4, -0.2) is 53.4 Å². The molecule has 0 saturated heterocycles. The number of amides is 1. The maximum absolute atomic E-state index is 12.4. The lowest BCUT2D eigenvalue weighted by molar-refractivity contribution is -0.143. The zero-order chi connectivity index (χ0) is 19.5. The molecule has 0 bridgehead atoms. The highest BCUT2D eigenvalue weighted by Crippen LogP contribution is 2.20. The number of nitrogens with zero attached hydrogens (tertiary/aromatic N) is 3. The fourth-order valence-corrected chi connectivity index (χ4v) is 2.84. The molecule has 0 atom stereocenters. The molecule has 2 rings (SSSR count).